The maximum absolute atomic E-state index is 10.6. The number of hydrogen-bond donors (Lipinski definition) is 1. The molecule has 4 rings (SSSR count). The van der Waals surface area contributed by atoms with Crippen molar-refractivity contribution in [2.75, 3.05) is 7.11 Å². The molecule has 7 nitrogen and oxygen atoms in total. The second-order valence-electron chi connectivity index (χ2n) is 7.06. The molecule has 29 heavy (non-hydrogen) atoms. The van der Waals surface area contributed by atoms with Crippen molar-refractivity contribution in [3.8, 4) is 11.6 Å². The Hall–Kier alpha value is -2.78. The molecule has 0 unspecified atom stereocenters. The molecule has 2 aromatic heterocycles. The summed E-state index contributed by atoms with van der Waals surface area (Å²) in [5.41, 5.74) is 2.77. The smallest absolute Gasteiger partial charge is 0.234 e. The van der Waals surface area contributed by atoms with Gasteiger partial charge in [-0.15, -0.1) is 10.2 Å². The molecule has 1 aliphatic heterocycles. The van der Waals surface area contributed by atoms with Crippen molar-refractivity contribution in [1.82, 2.24) is 14.8 Å². The maximum atomic E-state index is 10.6. The molecule has 0 fully saturated rings. The largest absolute Gasteiger partial charge is 0.497 e. The maximum Gasteiger partial charge on any atom is 0.234 e. The molecule has 3 heterocycles. The molecule has 0 amide bonds. The Morgan fingerprint density at radius 2 is 2.10 bits per heavy atom. The highest BCUT2D eigenvalue weighted by atomic mass is 32.1. The van der Waals surface area contributed by atoms with Crippen LogP contribution in [-0.4, -0.2) is 33.2 Å². The molecule has 9 heteroatoms. The summed E-state index contributed by atoms with van der Waals surface area (Å²) >= 11 is 2.87. The van der Waals surface area contributed by atoms with E-state index in [1.165, 1.54) is 22.7 Å². The Kier molecular flexibility index (Phi) is 5.33. The van der Waals surface area contributed by atoms with E-state index in [0.717, 1.165) is 34.0 Å². The molecule has 150 valence electrons. The van der Waals surface area contributed by atoms with Gasteiger partial charge in [0.25, 0.3) is 0 Å². The summed E-state index contributed by atoms with van der Waals surface area (Å²) in [7, 11) is 3.42. The minimum Gasteiger partial charge on any atom is -0.497 e. The number of rotatable bonds is 5. The summed E-state index contributed by atoms with van der Waals surface area (Å²) < 4.78 is 6.97. The standard InChI is InChI=1S/C20H21N5O2S2/c1-11(2)7-17-23-24-19(29-17)22-20-25(3)18(26)16(28-20)8-12-10-21-15-6-5-13(27-4)9-14(12)15/h5-6,8-11,26H,7H2,1-4H3/b12-8+,22-20+. The van der Waals surface area contributed by atoms with Crippen LogP contribution < -0.4 is 9.54 Å². The van der Waals surface area contributed by atoms with Crippen LogP contribution in [0.15, 0.2) is 28.2 Å². The average Bonchev–Trinajstić information content (AvgIpc) is 3.37. The number of allylic oxidation sites excluding steroid dienone is 1. The number of fused-ring (bicyclic) bond motifs is 1. The minimum atomic E-state index is 0.151. The Morgan fingerprint density at radius 3 is 2.86 bits per heavy atom. The van der Waals surface area contributed by atoms with Crippen molar-refractivity contribution >= 4 is 51.4 Å². The highest BCUT2D eigenvalue weighted by Gasteiger charge is 2.16. The van der Waals surface area contributed by atoms with Gasteiger partial charge in [-0.25, -0.2) is 0 Å². The van der Waals surface area contributed by atoms with Crippen molar-refractivity contribution in [2.24, 2.45) is 23.0 Å². The fourth-order valence-corrected chi connectivity index (χ4v) is 4.86. The molecule has 0 aliphatic carbocycles. The van der Waals surface area contributed by atoms with E-state index in [1.807, 2.05) is 24.3 Å². The van der Waals surface area contributed by atoms with E-state index in [-0.39, 0.29) is 5.88 Å². The third-order valence-electron chi connectivity index (χ3n) is 4.40. The fourth-order valence-electron chi connectivity index (χ4n) is 2.91. The fraction of sp³-hybridized carbons (Fsp3) is 0.300. The van der Waals surface area contributed by atoms with E-state index in [0.29, 0.717) is 20.7 Å². The zero-order chi connectivity index (χ0) is 20.5. The van der Waals surface area contributed by atoms with Gasteiger partial charge in [-0.3, -0.25) is 9.56 Å². The van der Waals surface area contributed by atoms with E-state index in [4.69, 9.17) is 4.74 Å². The quantitative estimate of drug-likeness (QED) is 0.656. The van der Waals surface area contributed by atoms with Gasteiger partial charge in [-0.1, -0.05) is 36.5 Å². The van der Waals surface area contributed by atoms with Crippen LogP contribution in [0, 0.1) is 5.92 Å². The molecule has 0 bridgehead atoms. The Morgan fingerprint density at radius 1 is 1.28 bits per heavy atom. The van der Waals surface area contributed by atoms with Gasteiger partial charge in [-0.2, -0.15) is 4.99 Å². The highest BCUT2D eigenvalue weighted by molar-refractivity contribution is 7.15. The molecule has 0 saturated carbocycles. The lowest BCUT2D eigenvalue weighted by molar-refractivity contribution is 0.415. The number of methoxy groups -OCH3 is 1. The summed E-state index contributed by atoms with van der Waals surface area (Å²) in [6.45, 7) is 4.30. The van der Waals surface area contributed by atoms with Crippen LogP contribution in [0.1, 0.15) is 29.3 Å². The number of aromatic nitrogens is 3. The zero-order valence-corrected chi connectivity index (χ0v) is 18.2. The molecule has 3 aromatic rings. The van der Waals surface area contributed by atoms with Crippen molar-refractivity contribution in [1.29, 1.82) is 0 Å². The molecular weight excluding hydrogens is 406 g/mol. The SMILES string of the molecule is COc1ccc2c(c1)/C(=C/c1s/c(=N/c3nnc(CC(C)C)s3)n(C)c1O)C=N2. The van der Waals surface area contributed by atoms with Gasteiger partial charge in [0.2, 0.25) is 11.0 Å². The molecule has 0 saturated heterocycles. The van der Waals surface area contributed by atoms with E-state index < -0.39 is 0 Å². The van der Waals surface area contributed by atoms with Crippen LogP contribution in [0.25, 0.3) is 11.6 Å². The molecular formula is C20H21N5O2S2. The first-order valence-electron chi connectivity index (χ1n) is 9.14. The summed E-state index contributed by atoms with van der Waals surface area (Å²) in [4.78, 5) is 10.4. The Labute approximate surface area is 176 Å². The third kappa shape index (κ3) is 4.01. The molecule has 1 aliphatic rings. The van der Waals surface area contributed by atoms with Gasteiger partial charge in [0.1, 0.15) is 10.8 Å². The third-order valence-corrected chi connectivity index (χ3v) is 6.31. The lowest BCUT2D eigenvalue weighted by Crippen LogP contribution is -2.08. The van der Waals surface area contributed by atoms with E-state index in [1.54, 1.807) is 24.9 Å². The zero-order valence-electron chi connectivity index (χ0n) is 16.6. The summed E-state index contributed by atoms with van der Waals surface area (Å²) in [6.07, 6.45) is 4.59. The first kappa shape index (κ1) is 19.5. The van der Waals surface area contributed by atoms with Crippen LogP contribution in [-0.2, 0) is 13.5 Å². The summed E-state index contributed by atoms with van der Waals surface area (Å²) in [5, 5.41) is 20.5. The second-order valence-corrected chi connectivity index (χ2v) is 9.11. The van der Waals surface area contributed by atoms with Crippen LogP contribution in [0.5, 0.6) is 11.6 Å². The number of nitrogens with zero attached hydrogens (tertiary/aromatic N) is 5. The average molecular weight is 428 g/mol. The van der Waals surface area contributed by atoms with E-state index in [2.05, 4.69) is 34.0 Å². The lowest BCUT2D eigenvalue weighted by atomic mass is 10.1. The second kappa shape index (κ2) is 7.92. The first-order valence-corrected chi connectivity index (χ1v) is 10.8. The highest BCUT2D eigenvalue weighted by Crippen LogP contribution is 2.36. The predicted octanol–water partition coefficient (Wildman–Crippen LogP) is 4.34. The molecule has 0 spiro atoms. The summed E-state index contributed by atoms with van der Waals surface area (Å²) in [5.74, 6) is 1.44. The number of benzene rings is 1. The van der Waals surface area contributed by atoms with Gasteiger partial charge >= 0.3 is 0 Å². The number of aliphatic imine (C=N–C) groups is 1. The van der Waals surface area contributed by atoms with Gasteiger partial charge < -0.3 is 9.84 Å². The number of ether oxygens (including phenoxy) is 1. The minimum absolute atomic E-state index is 0.151. The van der Waals surface area contributed by atoms with Crippen LogP contribution in [0.4, 0.5) is 10.8 Å². The Balaban J connectivity index is 1.69. The van der Waals surface area contributed by atoms with Crippen molar-refractivity contribution in [3.63, 3.8) is 0 Å². The Bertz CT molecular complexity index is 1180. The molecule has 0 radical (unpaired) electrons. The van der Waals surface area contributed by atoms with Gasteiger partial charge in [0, 0.05) is 30.8 Å². The van der Waals surface area contributed by atoms with Crippen molar-refractivity contribution in [2.45, 2.75) is 20.3 Å². The normalized spacial score (nSPS) is 14.9. The van der Waals surface area contributed by atoms with E-state index >= 15 is 0 Å². The number of aromatic hydroxyl groups is 1. The topological polar surface area (TPSA) is 84.9 Å². The van der Waals surface area contributed by atoms with Crippen LogP contribution in [0.2, 0.25) is 0 Å². The van der Waals surface area contributed by atoms with Crippen LogP contribution >= 0.6 is 22.7 Å². The van der Waals surface area contributed by atoms with E-state index in [9.17, 15) is 5.11 Å². The predicted molar refractivity (Wildman–Crippen MR) is 118 cm³/mol. The number of thiazole rings is 1. The molecule has 1 aromatic carbocycles. The monoisotopic (exact) mass is 427 g/mol. The van der Waals surface area contributed by atoms with Crippen molar-refractivity contribution < 1.29 is 9.84 Å². The summed E-state index contributed by atoms with van der Waals surface area (Å²) in [6, 6.07) is 5.75. The van der Waals surface area contributed by atoms with Gasteiger partial charge in [-0.05, 0) is 30.2 Å². The molecule has 1 N–H and O–H groups in total. The lowest BCUT2D eigenvalue weighted by Gasteiger charge is -2.03. The first-order chi connectivity index (χ1) is 13.9. The number of hydrogen-bond acceptors (Lipinski definition) is 8. The van der Waals surface area contributed by atoms with Crippen LogP contribution in [0.3, 0.4) is 0 Å². The van der Waals surface area contributed by atoms with Gasteiger partial charge in [0.05, 0.1) is 17.7 Å². The molecule has 0 atom stereocenters. The van der Waals surface area contributed by atoms with Crippen molar-refractivity contribution in [3.05, 3.63) is 38.4 Å². The van der Waals surface area contributed by atoms with Gasteiger partial charge in [0.15, 0.2) is 4.80 Å².